The molecule has 0 radical (unpaired) electrons. The molecule has 2 aliphatic rings. The number of benzene rings is 1. The molecule has 1 N–H and O–H groups in total. The third-order valence-electron chi connectivity index (χ3n) is 5.26. The van der Waals surface area contributed by atoms with Crippen LogP contribution in [-0.2, 0) is 14.8 Å². The predicted octanol–water partition coefficient (Wildman–Crippen LogP) is 1.76. The molecule has 1 aromatic rings. The maximum absolute atomic E-state index is 12.4. The highest BCUT2D eigenvalue weighted by Crippen LogP contribution is 2.23. The van der Waals surface area contributed by atoms with Crippen LogP contribution in [0.15, 0.2) is 29.2 Å². The van der Waals surface area contributed by atoms with Crippen molar-refractivity contribution in [2.75, 3.05) is 32.8 Å². The number of likely N-dealkylation sites (tertiary alicyclic amines) is 1. The van der Waals surface area contributed by atoms with E-state index >= 15 is 0 Å². The zero-order valence-corrected chi connectivity index (χ0v) is 15.5. The molecular formula is C17H25N3O5S. The van der Waals surface area contributed by atoms with Crippen molar-refractivity contribution in [2.24, 2.45) is 5.92 Å². The molecule has 1 aromatic carbocycles. The predicted molar refractivity (Wildman–Crippen MR) is 96.4 cm³/mol. The molecule has 0 atom stereocenters. The highest BCUT2D eigenvalue weighted by Gasteiger charge is 2.27. The van der Waals surface area contributed by atoms with Gasteiger partial charge in [0.15, 0.2) is 0 Å². The number of rotatable bonds is 6. The zero-order chi connectivity index (χ0) is 18.6. The van der Waals surface area contributed by atoms with Gasteiger partial charge in [0, 0.05) is 37.9 Å². The van der Waals surface area contributed by atoms with Crippen molar-refractivity contribution >= 4 is 15.7 Å². The zero-order valence-electron chi connectivity index (χ0n) is 14.7. The molecule has 2 saturated heterocycles. The van der Waals surface area contributed by atoms with Crippen molar-refractivity contribution in [3.05, 3.63) is 34.4 Å². The Morgan fingerprint density at radius 3 is 2.54 bits per heavy atom. The number of hydrogen-bond donors (Lipinski definition) is 1. The van der Waals surface area contributed by atoms with Gasteiger partial charge in [-0.3, -0.25) is 10.1 Å². The summed E-state index contributed by atoms with van der Waals surface area (Å²) in [6.07, 6.45) is 4.05. The van der Waals surface area contributed by atoms with Crippen LogP contribution in [-0.4, -0.2) is 57.1 Å². The van der Waals surface area contributed by atoms with Gasteiger partial charge in [0.25, 0.3) is 5.69 Å². The third kappa shape index (κ3) is 4.79. The largest absolute Gasteiger partial charge is 0.381 e. The van der Waals surface area contributed by atoms with Gasteiger partial charge in [-0.2, -0.15) is 0 Å². The molecule has 2 aliphatic heterocycles. The Kier molecular flexibility index (Phi) is 6.23. The second-order valence-electron chi connectivity index (χ2n) is 6.93. The number of ether oxygens (including phenoxy) is 1. The average molecular weight is 383 g/mol. The molecule has 2 fully saturated rings. The number of nitro benzene ring substituents is 1. The van der Waals surface area contributed by atoms with Crippen LogP contribution >= 0.6 is 0 Å². The molecule has 2 heterocycles. The Hall–Kier alpha value is -1.55. The fourth-order valence-electron chi connectivity index (χ4n) is 3.65. The maximum Gasteiger partial charge on any atom is 0.270 e. The van der Waals surface area contributed by atoms with Crippen molar-refractivity contribution in [3.63, 3.8) is 0 Å². The minimum Gasteiger partial charge on any atom is -0.381 e. The SMILES string of the molecule is O=[N+]([O-])c1cccc(S(=O)(=O)NCC2CCN(C3CCOCC3)CC2)c1. The molecule has 144 valence electrons. The topological polar surface area (TPSA) is 102 Å². The molecule has 0 unspecified atom stereocenters. The quantitative estimate of drug-likeness (QED) is 0.593. The molecule has 8 nitrogen and oxygen atoms in total. The Balaban J connectivity index is 1.51. The third-order valence-corrected chi connectivity index (χ3v) is 6.68. The molecular weight excluding hydrogens is 358 g/mol. The van der Waals surface area contributed by atoms with E-state index in [9.17, 15) is 18.5 Å². The van der Waals surface area contributed by atoms with Crippen molar-refractivity contribution < 1.29 is 18.1 Å². The molecule has 0 aliphatic carbocycles. The summed E-state index contributed by atoms with van der Waals surface area (Å²) in [4.78, 5) is 12.7. The number of sulfonamides is 1. The highest BCUT2D eigenvalue weighted by atomic mass is 32.2. The van der Waals surface area contributed by atoms with Gasteiger partial charge >= 0.3 is 0 Å². The van der Waals surface area contributed by atoms with Crippen molar-refractivity contribution in [3.8, 4) is 0 Å². The Bertz CT molecular complexity index is 726. The van der Waals surface area contributed by atoms with Gasteiger partial charge in [-0.25, -0.2) is 13.1 Å². The summed E-state index contributed by atoms with van der Waals surface area (Å²) in [6, 6.07) is 5.73. The first-order valence-electron chi connectivity index (χ1n) is 9.01. The fourth-order valence-corrected chi connectivity index (χ4v) is 4.80. The summed E-state index contributed by atoms with van der Waals surface area (Å²) in [6.45, 7) is 3.98. The summed E-state index contributed by atoms with van der Waals surface area (Å²) in [7, 11) is -3.73. The van der Waals surface area contributed by atoms with Crippen molar-refractivity contribution in [1.29, 1.82) is 0 Å². The van der Waals surface area contributed by atoms with E-state index in [2.05, 4.69) is 9.62 Å². The number of non-ortho nitro benzene ring substituents is 1. The Morgan fingerprint density at radius 1 is 1.19 bits per heavy atom. The highest BCUT2D eigenvalue weighted by molar-refractivity contribution is 7.89. The normalized spacial score (nSPS) is 20.9. The van der Waals surface area contributed by atoms with Crippen LogP contribution in [0.25, 0.3) is 0 Å². The van der Waals surface area contributed by atoms with Crippen molar-refractivity contribution in [2.45, 2.75) is 36.6 Å². The van der Waals surface area contributed by atoms with Gasteiger partial charge in [0.05, 0.1) is 9.82 Å². The molecule has 26 heavy (non-hydrogen) atoms. The Labute approximate surface area is 153 Å². The maximum atomic E-state index is 12.4. The van der Waals surface area contributed by atoms with E-state index < -0.39 is 14.9 Å². The monoisotopic (exact) mass is 383 g/mol. The van der Waals surface area contributed by atoms with Gasteiger partial charge in [-0.05, 0) is 50.8 Å². The second-order valence-corrected chi connectivity index (χ2v) is 8.70. The molecule has 0 amide bonds. The summed E-state index contributed by atoms with van der Waals surface area (Å²) >= 11 is 0. The van der Waals surface area contributed by atoms with E-state index in [1.165, 1.54) is 18.2 Å². The lowest BCUT2D eigenvalue weighted by Gasteiger charge is -2.39. The summed E-state index contributed by atoms with van der Waals surface area (Å²) < 4.78 is 32.8. The fraction of sp³-hybridized carbons (Fsp3) is 0.647. The summed E-state index contributed by atoms with van der Waals surface area (Å²) in [5, 5.41) is 10.8. The number of hydrogen-bond acceptors (Lipinski definition) is 6. The van der Waals surface area contributed by atoms with E-state index in [1.54, 1.807) is 0 Å². The first-order valence-corrected chi connectivity index (χ1v) is 10.5. The first kappa shape index (κ1) is 19.2. The number of nitrogens with one attached hydrogen (secondary N) is 1. The molecule has 9 heteroatoms. The van der Waals surface area contributed by atoms with E-state index in [1.807, 2.05) is 0 Å². The Morgan fingerprint density at radius 2 is 1.88 bits per heavy atom. The van der Waals surface area contributed by atoms with Crippen LogP contribution in [0.2, 0.25) is 0 Å². The standard InChI is InChI=1S/C17H25N3O5S/c21-20(22)16-2-1-3-17(12-16)26(23,24)18-13-14-4-8-19(9-5-14)15-6-10-25-11-7-15/h1-3,12,14-15,18H,4-11,13H2. The van der Waals surface area contributed by atoms with Gasteiger partial charge < -0.3 is 9.64 Å². The van der Waals surface area contributed by atoms with Crippen LogP contribution in [0, 0.1) is 16.0 Å². The lowest BCUT2D eigenvalue weighted by molar-refractivity contribution is -0.385. The van der Waals surface area contributed by atoms with E-state index in [4.69, 9.17) is 4.74 Å². The van der Waals surface area contributed by atoms with Gasteiger partial charge in [-0.1, -0.05) is 6.07 Å². The average Bonchev–Trinajstić information content (AvgIpc) is 2.68. The smallest absolute Gasteiger partial charge is 0.270 e. The molecule has 0 bridgehead atoms. The van der Waals surface area contributed by atoms with Gasteiger partial charge in [0.1, 0.15) is 0 Å². The first-order chi connectivity index (χ1) is 12.5. The molecule has 0 aromatic heterocycles. The van der Waals surface area contributed by atoms with Crippen LogP contribution in [0.3, 0.4) is 0 Å². The van der Waals surface area contributed by atoms with Gasteiger partial charge in [-0.15, -0.1) is 0 Å². The number of piperidine rings is 1. The van der Waals surface area contributed by atoms with Gasteiger partial charge in [0.2, 0.25) is 10.0 Å². The number of nitro groups is 1. The van der Waals surface area contributed by atoms with E-state index in [0.717, 1.165) is 58.1 Å². The van der Waals surface area contributed by atoms with Crippen LogP contribution in [0.5, 0.6) is 0 Å². The molecule has 0 saturated carbocycles. The van der Waals surface area contributed by atoms with Crippen LogP contribution in [0.4, 0.5) is 5.69 Å². The lowest BCUT2D eigenvalue weighted by Crippen LogP contribution is -2.45. The second kappa shape index (κ2) is 8.43. The lowest BCUT2D eigenvalue weighted by atomic mass is 9.94. The molecule has 0 spiro atoms. The van der Waals surface area contributed by atoms with E-state index in [0.29, 0.717) is 18.5 Å². The minimum absolute atomic E-state index is 0.0636. The van der Waals surface area contributed by atoms with Crippen LogP contribution < -0.4 is 4.72 Å². The minimum atomic E-state index is -3.73. The van der Waals surface area contributed by atoms with E-state index in [-0.39, 0.29) is 10.6 Å². The van der Waals surface area contributed by atoms with Crippen LogP contribution in [0.1, 0.15) is 25.7 Å². The number of nitrogens with zero attached hydrogens (tertiary/aromatic N) is 2. The summed E-state index contributed by atoms with van der Waals surface area (Å²) in [5.41, 5.74) is -0.224. The summed E-state index contributed by atoms with van der Waals surface area (Å²) in [5.74, 6) is 0.291. The van der Waals surface area contributed by atoms with Crippen molar-refractivity contribution in [1.82, 2.24) is 9.62 Å². The molecule has 3 rings (SSSR count).